The minimum Gasteiger partial charge on any atom is -0.331 e. The van der Waals surface area contributed by atoms with Gasteiger partial charge in [0.15, 0.2) is 0 Å². The first kappa shape index (κ1) is 16.9. The molecule has 1 unspecified atom stereocenters. The average molecular weight is 349 g/mol. The topological polar surface area (TPSA) is 82.5 Å². The molecule has 3 rings (SSSR count). The Labute approximate surface area is 146 Å². The molecule has 0 bridgehead atoms. The lowest BCUT2D eigenvalue weighted by atomic mass is 9.98. The summed E-state index contributed by atoms with van der Waals surface area (Å²) in [6, 6.07) is 0. The quantitative estimate of drug-likeness (QED) is 0.802. The van der Waals surface area contributed by atoms with Gasteiger partial charge in [0.05, 0.1) is 5.56 Å². The second-order valence-corrected chi connectivity index (χ2v) is 6.80. The van der Waals surface area contributed by atoms with Gasteiger partial charge in [0, 0.05) is 30.7 Å². The van der Waals surface area contributed by atoms with Crippen molar-refractivity contribution in [2.75, 3.05) is 12.4 Å². The van der Waals surface area contributed by atoms with Crippen LogP contribution in [0.4, 0.5) is 0 Å². The molecule has 1 fully saturated rings. The number of alkyl halides is 1. The lowest BCUT2D eigenvalue weighted by Gasteiger charge is -2.47. The first-order valence-corrected chi connectivity index (χ1v) is 8.44. The Hall–Kier alpha value is -1.99. The van der Waals surface area contributed by atoms with Crippen molar-refractivity contribution in [1.29, 1.82) is 0 Å². The van der Waals surface area contributed by atoms with Gasteiger partial charge in [-0.1, -0.05) is 0 Å². The van der Waals surface area contributed by atoms with Crippen LogP contribution in [0.15, 0.2) is 35.6 Å². The second-order valence-electron chi connectivity index (χ2n) is 6.53. The number of rotatable bonds is 4. The molecule has 128 valence electrons. The fourth-order valence-electron chi connectivity index (χ4n) is 3.36. The van der Waals surface area contributed by atoms with Crippen LogP contribution in [0.3, 0.4) is 0 Å². The summed E-state index contributed by atoms with van der Waals surface area (Å²) in [5, 5.41) is 6.13. The molecular formula is C16H21ClN6O. The molecule has 2 aliphatic rings. The predicted octanol–water partition coefficient (Wildman–Crippen LogP) is 1.33. The van der Waals surface area contributed by atoms with Gasteiger partial charge in [0.1, 0.15) is 18.0 Å². The Balaban J connectivity index is 2.01. The van der Waals surface area contributed by atoms with Crippen molar-refractivity contribution in [2.45, 2.75) is 38.0 Å². The van der Waals surface area contributed by atoms with Crippen LogP contribution < -0.4 is 10.6 Å². The van der Waals surface area contributed by atoms with Gasteiger partial charge in [-0.3, -0.25) is 9.69 Å². The van der Waals surface area contributed by atoms with Gasteiger partial charge in [-0.2, -0.15) is 0 Å². The Bertz CT molecular complexity index is 674. The largest absolute Gasteiger partial charge is 0.331 e. The summed E-state index contributed by atoms with van der Waals surface area (Å²) in [6.45, 7) is 5.26. The molecule has 0 aromatic carbocycles. The molecule has 1 saturated heterocycles. The molecule has 2 aliphatic heterocycles. The maximum absolute atomic E-state index is 11.7. The maximum atomic E-state index is 11.7. The highest BCUT2D eigenvalue weighted by molar-refractivity contribution is 6.27. The van der Waals surface area contributed by atoms with Gasteiger partial charge in [-0.15, -0.1) is 11.6 Å². The lowest BCUT2D eigenvalue weighted by Crippen LogP contribution is -2.61. The van der Waals surface area contributed by atoms with Crippen LogP contribution in [-0.2, 0) is 10.6 Å². The molecule has 0 aliphatic carbocycles. The summed E-state index contributed by atoms with van der Waals surface area (Å²) in [5.74, 6) is -0.676. The van der Waals surface area contributed by atoms with Crippen LogP contribution in [0.5, 0.6) is 0 Å². The molecule has 0 radical (unpaired) electrons. The minimum absolute atomic E-state index is 0.0564. The van der Waals surface area contributed by atoms with Crippen molar-refractivity contribution >= 4 is 23.7 Å². The fourth-order valence-corrected chi connectivity index (χ4v) is 3.43. The van der Waals surface area contributed by atoms with Crippen molar-refractivity contribution in [3.05, 3.63) is 36.2 Å². The van der Waals surface area contributed by atoms with Crippen LogP contribution in [0.25, 0.3) is 0 Å². The lowest BCUT2D eigenvalue weighted by molar-refractivity contribution is -0.118. The molecule has 1 amide bonds. The van der Waals surface area contributed by atoms with E-state index in [2.05, 4.69) is 39.3 Å². The molecule has 8 heteroatoms. The molecule has 0 spiro atoms. The summed E-state index contributed by atoms with van der Waals surface area (Å²) < 4.78 is 0. The average Bonchev–Trinajstić information content (AvgIpc) is 2.95. The van der Waals surface area contributed by atoms with Crippen molar-refractivity contribution < 1.29 is 4.79 Å². The van der Waals surface area contributed by atoms with E-state index in [1.54, 1.807) is 24.7 Å². The Morgan fingerprint density at radius 3 is 2.79 bits per heavy atom. The second kappa shape index (κ2) is 6.49. The number of carbonyl (C=O) groups excluding carboxylic acids is 1. The van der Waals surface area contributed by atoms with E-state index in [0.717, 1.165) is 24.9 Å². The van der Waals surface area contributed by atoms with Crippen LogP contribution >= 0.6 is 11.6 Å². The highest BCUT2D eigenvalue weighted by atomic mass is 35.5. The van der Waals surface area contributed by atoms with E-state index in [0.29, 0.717) is 5.82 Å². The summed E-state index contributed by atoms with van der Waals surface area (Å²) in [4.78, 5) is 27.0. The normalized spacial score (nSPS) is 25.9. The number of likely N-dealkylation sites (tertiary alicyclic amines) is 1. The van der Waals surface area contributed by atoms with E-state index in [9.17, 15) is 4.79 Å². The molecule has 0 saturated carbocycles. The third kappa shape index (κ3) is 3.01. The SMILES string of the molecule is CC1(C)CCCN1C1(c2cncnc2)N=CC=C(NC(=O)CCl)N1. The van der Waals surface area contributed by atoms with Gasteiger partial charge in [0.2, 0.25) is 11.7 Å². The number of allylic oxidation sites excluding steroid dienone is 1. The molecule has 1 aromatic rings. The standard InChI is InChI=1S/C16H21ClN6O/c1-15(2)5-3-7-23(15)16(12-9-18-11-19-10-12)20-6-4-13(22-16)21-14(24)8-17/h4,6,9-11,22H,3,5,7-8H2,1-2H3,(H,21,24). The van der Waals surface area contributed by atoms with E-state index in [4.69, 9.17) is 16.6 Å². The van der Waals surface area contributed by atoms with E-state index < -0.39 is 5.79 Å². The fraction of sp³-hybridized carbons (Fsp3) is 0.500. The highest BCUT2D eigenvalue weighted by Crippen LogP contribution is 2.40. The number of amides is 1. The van der Waals surface area contributed by atoms with Gasteiger partial charge in [-0.25, -0.2) is 15.0 Å². The zero-order valence-corrected chi connectivity index (χ0v) is 14.5. The van der Waals surface area contributed by atoms with Crippen molar-refractivity contribution in [3.8, 4) is 0 Å². The molecule has 2 N–H and O–H groups in total. The summed E-state index contributed by atoms with van der Waals surface area (Å²) in [6.07, 6.45) is 10.5. The smallest absolute Gasteiger partial charge is 0.240 e. The summed E-state index contributed by atoms with van der Waals surface area (Å²) in [7, 11) is 0. The van der Waals surface area contributed by atoms with Crippen LogP contribution in [0.2, 0.25) is 0 Å². The number of hydrogen-bond donors (Lipinski definition) is 2. The zero-order valence-electron chi connectivity index (χ0n) is 13.8. The van der Waals surface area contributed by atoms with Crippen LogP contribution in [0, 0.1) is 0 Å². The molecule has 24 heavy (non-hydrogen) atoms. The molecular weight excluding hydrogens is 328 g/mol. The Morgan fingerprint density at radius 2 is 2.17 bits per heavy atom. The van der Waals surface area contributed by atoms with Gasteiger partial charge in [0.25, 0.3) is 0 Å². The van der Waals surface area contributed by atoms with Crippen molar-refractivity contribution in [3.63, 3.8) is 0 Å². The van der Waals surface area contributed by atoms with Crippen LogP contribution in [0.1, 0.15) is 32.3 Å². The summed E-state index contributed by atoms with van der Waals surface area (Å²) >= 11 is 5.60. The van der Waals surface area contributed by atoms with E-state index in [1.165, 1.54) is 6.33 Å². The molecule has 1 atom stereocenters. The van der Waals surface area contributed by atoms with Gasteiger partial charge in [-0.05, 0) is 32.8 Å². The number of hydrogen-bond acceptors (Lipinski definition) is 6. The Morgan fingerprint density at radius 1 is 1.42 bits per heavy atom. The first-order valence-electron chi connectivity index (χ1n) is 7.91. The van der Waals surface area contributed by atoms with Crippen molar-refractivity contribution in [2.24, 2.45) is 4.99 Å². The number of halogens is 1. The predicted molar refractivity (Wildman–Crippen MR) is 92.3 cm³/mol. The number of nitrogens with zero attached hydrogens (tertiary/aromatic N) is 4. The highest BCUT2D eigenvalue weighted by Gasteiger charge is 2.49. The van der Waals surface area contributed by atoms with E-state index in [-0.39, 0.29) is 17.3 Å². The number of aromatic nitrogens is 2. The molecule has 1 aromatic heterocycles. The Kier molecular flexibility index (Phi) is 4.56. The number of carbonyl (C=O) groups is 1. The maximum Gasteiger partial charge on any atom is 0.240 e. The number of aliphatic imine (C=N–C) groups is 1. The van der Waals surface area contributed by atoms with E-state index in [1.807, 2.05) is 0 Å². The van der Waals surface area contributed by atoms with Gasteiger partial charge >= 0.3 is 0 Å². The van der Waals surface area contributed by atoms with Gasteiger partial charge < -0.3 is 10.6 Å². The van der Waals surface area contributed by atoms with E-state index >= 15 is 0 Å². The monoisotopic (exact) mass is 348 g/mol. The summed E-state index contributed by atoms with van der Waals surface area (Å²) in [5.41, 5.74) is 0.765. The minimum atomic E-state index is -0.856. The van der Waals surface area contributed by atoms with Crippen molar-refractivity contribution in [1.82, 2.24) is 25.5 Å². The number of nitrogens with one attached hydrogen (secondary N) is 2. The molecule has 7 nitrogen and oxygen atoms in total. The first-order chi connectivity index (χ1) is 11.5. The van der Waals surface area contributed by atoms with Crippen LogP contribution in [-0.4, -0.2) is 45.0 Å². The third-order valence-corrected chi connectivity index (χ3v) is 4.70. The zero-order chi connectivity index (χ0) is 17.2. The molecule has 3 heterocycles. The third-order valence-electron chi connectivity index (χ3n) is 4.46.